The van der Waals surface area contributed by atoms with E-state index in [0.29, 0.717) is 17.8 Å². The van der Waals surface area contributed by atoms with Gasteiger partial charge in [-0.3, -0.25) is 4.79 Å². The van der Waals surface area contributed by atoms with Crippen LogP contribution in [0.3, 0.4) is 0 Å². The molecule has 1 atom stereocenters. The summed E-state index contributed by atoms with van der Waals surface area (Å²) in [7, 11) is 1.50. The molecule has 0 N–H and O–H groups in total. The summed E-state index contributed by atoms with van der Waals surface area (Å²) in [5.74, 6) is 0.00103. The Balaban J connectivity index is 2.71. The van der Waals surface area contributed by atoms with Crippen LogP contribution in [0.4, 0.5) is 0 Å². The van der Waals surface area contributed by atoms with Crippen LogP contribution in [0.2, 0.25) is 0 Å². The largest absolute Gasteiger partial charge is 0.467 e. The molecule has 0 radical (unpaired) electrons. The van der Waals surface area contributed by atoms with E-state index in [-0.39, 0.29) is 19.0 Å². The fourth-order valence-electron chi connectivity index (χ4n) is 2.08. The molecule has 0 saturated heterocycles. The summed E-state index contributed by atoms with van der Waals surface area (Å²) in [5, 5.41) is 0. The molecule has 1 aliphatic rings. The van der Waals surface area contributed by atoms with Gasteiger partial charge in [0, 0.05) is 20.0 Å². The zero-order valence-electron chi connectivity index (χ0n) is 13.0. The van der Waals surface area contributed by atoms with Gasteiger partial charge in [-0.05, 0) is 26.8 Å². The number of hydrogen-bond donors (Lipinski definition) is 0. The number of rotatable bonds is 8. The molecule has 0 spiro atoms. The SMILES string of the molecule is C/C=C/C=C/C(=O)CCC1(C)OC(=O)C(C)=C1OCOC. The lowest BCUT2D eigenvalue weighted by atomic mass is 9.95. The van der Waals surface area contributed by atoms with E-state index in [1.165, 1.54) is 13.2 Å². The van der Waals surface area contributed by atoms with Crippen molar-refractivity contribution in [3.8, 4) is 0 Å². The molecule has 1 rings (SSSR count). The molecule has 1 aliphatic heterocycles. The molecule has 5 heteroatoms. The second-order valence-corrected chi connectivity index (χ2v) is 4.98. The van der Waals surface area contributed by atoms with Crippen LogP contribution in [0.1, 0.15) is 33.6 Å². The lowest BCUT2D eigenvalue weighted by Crippen LogP contribution is -2.30. The van der Waals surface area contributed by atoms with Gasteiger partial charge in [0.05, 0.1) is 5.57 Å². The van der Waals surface area contributed by atoms with Crippen molar-refractivity contribution in [3.05, 3.63) is 35.6 Å². The first-order valence-corrected chi connectivity index (χ1v) is 6.83. The molecular weight excluding hydrogens is 272 g/mol. The number of ketones is 1. The molecule has 0 fully saturated rings. The van der Waals surface area contributed by atoms with Crippen molar-refractivity contribution in [1.82, 2.24) is 0 Å². The molecule has 5 nitrogen and oxygen atoms in total. The highest BCUT2D eigenvalue weighted by molar-refractivity contribution is 5.92. The van der Waals surface area contributed by atoms with Crippen LogP contribution in [0.15, 0.2) is 35.6 Å². The number of esters is 1. The second kappa shape index (κ2) is 7.78. The highest BCUT2D eigenvalue weighted by atomic mass is 16.7. The molecule has 0 bridgehead atoms. The minimum absolute atomic E-state index is 0.0268. The van der Waals surface area contributed by atoms with Crippen molar-refractivity contribution in [2.75, 3.05) is 13.9 Å². The van der Waals surface area contributed by atoms with Crippen molar-refractivity contribution in [2.24, 2.45) is 0 Å². The van der Waals surface area contributed by atoms with Gasteiger partial charge < -0.3 is 14.2 Å². The van der Waals surface area contributed by atoms with E-state index in [4.69, 9.17) is 14.2 Å². The monoisotopic (exact) mass is 294 g/mol. The highest BCUT2D eigenvalue weighted by Gasteiger charge is 2.44. The van der Waals surface area contributed by atoms with Gasteiger partial charge in [-0.2, -0.15) is 0 Å². The molecule has 0 saturated carbocycles. The van der Waals surface area contributed by atoms with E-state index in [1.807, 2.05) is 13.0 Å². The number of hydrogen-bond acceptors (Lipinski definition) is 5. The van der Waals surface area contributed by atoms with Gasteiger partial charge in [0.1, 0.15) is 0 Å². The standard InChI is InChI=1S/C16H22O5/c1-5-6-7-8-13(17)9-10-16(3)14(20-11-19-4)12(2)15(18)21-16/h5-8H,9-11H2,1-4H3/b6-5+,8-7+. The van der Waals surface area contributed by atoms with Crippen LogP contribution < -0.4 is 0 Å². The molecule has 0 aromatic carbocycles. The Morgan fingerprint density at radius 1 is 1.38 bits per heavy atom. The number of carbonyl (C=O) groups is 2. The summed E-state index contributed by atoms with van der Waals surface area (Å²) < 4.78 is 15.7. The molecule has 0 aromatic heterocycles. The summed E-state index contributed by atoms with van der Waals surface area (Å²) in [4.78, 5) is 23.5. The highest BCUT2D eigenvalue weighted by Crippen LogP contribution is 2.37. The van der Waals surface area contributed by atoms with Gasteiger partial charge in [0.25, 0.3) is 0 Å². The molecule has 0 aliphatic carbocycles. The molecule has 0 amide bonds. The maximum absolute atomic E-state index is 11.8. The Morgan fingerprint density at radius 3 is 2.71 bits per heavy atom. The quantitative estimate of drug-likeness (QED) is 0.298. The first-order chi connectivity index (χ1) is 9.94. The van der Waals surface area contributed by atoms with E-state index in [9.17, 15) is 9.59 Å². The minimum atomic E-state index is -0.913. The van der Waals surface area contributed by atoms with Crippen molar-refractivity contribution in [1.29, 1.82) is 0 Å². The predicted molar refractivity (Wildman–Crippen MR) is 78.4 cm³/mol. The van der Waals surface area contributed by atoms with Gasteiger partial charge in [-0.15, -0.1) is 0 Å². The second-order valence-electron chi connectivity index (χ2n) is 4.98. The van der Waals surface area contributed by atoms with Crippen LogP contribution in [0.25, 0.3) is 0 Å². The summed E-state index contributed by atoms with van der Waals surface area (Å²) >= 11 is 0. The summed E-state index contributed by atoms with van der Waals surface area (Å²) in [5.41, 5.74) is -0.490. The van der Waals surface area contributed by atoms with Crippen molar-refractivity contribution >= 4 is 11.8 Å². The zero-order valence-corrected chi connectivity index (χ0v) is 13.0. The maximum atomic E-state index is 11.8. The minimum Gasteiger partial charge on any atom is -0.467 e. The lowest BCUT2D eigenvalue weighted by Gasteiger charge is -2.25. The van der Waals surface area contributed by atoms with Crippen molar-refractivity contribution in [3.63, 3.8) is 0 Å². The molecule has 0 aromatic rings. The average Bonchev–Trinajstić information content (AvgIpc) is 2.66. The van der Waals surface area contributed by atoms with Crippen molar-refractivity contribution < 1.29 is 23.8 Å². The Bertz CT molecular complexity index is 487. The van der Waals surface area contributed by atoms with Gasteiger partial charge in [-0.25, -0.2) is 4.79 Å². The van der Waals surface area contributed by atoms with Crippen molar-refractivity contribution in [2.45, 2.75) is 39.2 Å². The Kier molecular flexibility index (Phi) is 6.37. The third-order valence-electron chi connectivity index (χ3n) is 3.20. The smallest absolute Gasteiger partial charge is 0.338 e. The fourth-order valence-corrected chi connectivity index (χ4v) is 2.08. The van der Waals surface area contributed by atoms with E-state index >= 15 is 0 Å². The Morgan fingerprint density at radius 2 is 2.10 bits per heavy atom. The normalized spacial score (nSPS) is 22.4. The number of cyclic esters (lactones) is 1. The Labute approximate surface area is 125 Å². The van der Waals surface area contributed by atoms with Gasteiger partial charge in [0.15, 0.2) is 23.9 Å². The predicted octanol–water partition coefficient (Wildman–Crippen LogP) is 2.68. The number of methoxy groups -OCH3 is 1. The van der Waals surface area contributed by atoms with Crippen LogP contribution in [-0.2, 0) is 23.8 Å². The third kappa shape index (κ3) is 4.56. The first kappa shape index (κ1) is 17.2. The van der Waals surface area contributed by atoms with Crippen LogP contribution in [0.5, 0.6) is 0 Å². The lowest BCUT2D eigenvalue weighted by molar-refractivity contribution is -0.149. The number of ether oxygens (including phenoxy) is 3. The first-order valence-electron chi connectivity index (χ1n) is 6.83. The Hall–Kier alpha value is -1.88. The summed E-state index contributed by atoms with van der Waals surface area (Å²) in [6, 6.07) is 0. The molecule has 1 unspecified atom stereocenters. The van der Waals surface area contributed by atoms with Gasteiger partial charge in [0.2, 0.25) is 0 Å². The van der Waals surface area contributed by atoms with E-state index in [2.05, 4.69) is 0 Å². The average molecular weight is 294 g/mol. The van der Waals surface area contributed by atoms with Gasteiger partial charge >= 0.3 is 5.97 Å². The zero-order chi connectivity index (χ0) is 15.9. The van der Waals surface area contributed by atoms with Crippen LogP contribution in [-0.4, -0.2) is 31.3 Å². The maximum Gasteiger partial charge on any atom is 0.338 e. The molecule has 1 heterocycles. The summed E-state index contributed by atoms with van der Waals surface area (Å²) in [6.45, 7) is 5.30. The van der Waals surface area contributed by atoms with E-state index in [1.54, 1.807) is 26.0 Å². The molecular formula is C16H22O5. The van der Waals surface area contributed by atoms with Crippen LogP contribution in [0, 0.1) is 0 Å². The number of allylic oxidation sites excluding steroid dienone is 4. The topological polar surface area (TPSA) is 61.8 Å². The van der Waals surface area contributed by atoms with E-state index in [0.717, 1.165) is 0 Å². The van der Waals surface area contributed by atoms with Crippen LogP contribution >= 0.6 is 0 Å². The summed E-state index contributed by atoms with van der Waals surface area (Å²) in [6.07, 6.45) is 7.46. The molecule has 21 heavy (non-hydrogen) atoms. The fraction of sp³-hybridized carbons (Fsp3) is 0.500. The number of carbonyl (C=O) groups excluding carboxylic acids is 2. The molecule has 116 valence electrons. The third-order valence-corrected chi connectivity index (χ3v) is 3.20. The van der Waals surface area contributed by atoms with E-state index < -0.39 is 11.6 Å². The van der Waals surface area contributed by atoms with Gasteiger partial charge in [-0.1, -0.05) is 18.2 Å².